The zero-order valence-electron chi connectivity index (χ0n) is 13.7. The first-order chi connectivity index (χ1) is 11.5. The number of alkyl halides is 3. The number of likely N-dealkylation sites (tertiary alicyclic amines) is 1. The first kappa shape index (κ1) is 17.3. The van der Waals surface area contributed by atoms with Gasteiger partial charge in [-0.25, -0.2) is 0 Å². The Morgan fingerprint density at radius 3 is 2.21 bits per heavy atom. The van der Waals surface area contributed by atoms with Crippen molar-refractivity contribution in [1.82, 2.24) is 4.90 Å². The van der Waals surface area contributed by atoms with Crippen LogP contribution in [-0.4, -0.2) is 43.4 Å². The number of hydrogen-bond acceptors (Lipinski definition) is 3. The number of rotatable bonds is 3. The summed E-state index contributed by atoms with van der Waals surface area (Å²) in [6, 6.07) is 4.17. The minimum atomic E-state index is -4.43. The molecule has 0 bridgehead atoms. The van der Waals surface area contributed by atoms with Gasteiger partial charge in [0, 0.05) is 30.4 Å². The van der Waals surface area contributed by atoms with Gasteiger partial charge in [-0.3, -0.25) is 4.79 Å². The lowest BCUT2D eigenvalue weighted by atomic mass is 9.99. The molecular weight excluding hydrogens is 317 g/mol. The SMILES string of the molecule is O=Cc1cc(N2CCC(N3CCCCC3)CC2)cc(C(F)(F)F)c1. The molecule has 132 valence electrons. The fourth-order valence-corrected chi connectivity index (χ4v) is 3.82. The molecule has 2 aliphatic rings. The Balaban J connectivity index is 1.70. The molecule has 2 heterocycles. The second-order valence-electron chi connectivity index (χ2n) is 6.74. The molecule has 0 aromatic heterocycles. The number of carbonyl (C=O) groups excluding carboxylic acids is 1. The Hall–Kier alpha value is -1.56. The van der Waals surface area contributed by atoms with E-state index in [1.807, 2.05) is 4.90 Å². The quantitative estimate of drug-likeness (QED) is 0.778. The van der Waals surface area contributed by atoms with E-state index in [0.717, 1.165) is 51.2 Å². The van der Waals surface area contributed by atoms with Crippen molar-refractivity contribution in [2.45, 2.75) is 44.3 Å². The molecule has 2 saturated heterocycles. The number of piperidine rings is 2. The molecule has 0 N–H and O–H groups in total. The molecule has 1 aromatic carbocycles. The number of carbonyl (C=O) groups is 1. The van der Waals surface area contributed by atoms with Crippen molar-refractivity contribution in [3.05, 3.63) is 29.3 Å². The van der Waals surface area contributed by atoms with E-state index in [0.29, 0.717) is 18.0 Å². The molecule has 3 rings (SSSR count). The molecule has 0 radical (unpaired) electrons. The monoisotopic (exact) mass is 340 g/mol. The van der Waals surface area contributed by atoms with E-state index in [-0.39, 0.29) is 5.56 Å². The third-order valence-electron chi connectivity index (χ3n) is 5.14. The number of nitrogens with zero attached hydrogens (tertiary/aromatic N) is 2. The van der Waals surface area contributed by atoms with Gasteiger partial charge in [-0.1, -0.05) is 6.42 Å². The fraction of sp³-hybridized carbons (Fsp3) is 0.611. The van der Waals surface area contributed by atoms with Gasteiger partial charge in [0.25, 0.3) is 0 Å². The standard InChI is InChI=1S/C18H23F3N2O/c19-18(20,21)15-10-14(13-24)11-17(12-15)23-8-4-16(5-9-23)22-6-2-1-3-7-22/h10-13,16H,1-9H2. The predicted molar refractivity (Wildman–Crippen MR) is 87.5 cm³/mol. The molecule has 2 fully saturated rings. The molecule has 0 spiro atoms. The molecule has 0 aliphatic carbocycles. The van der Waals surface area contributed by atoms with Crippen LogP contribution in [0.15, 0.2) is 18.2 Å². The van der Waals surface area contributed by atoms with Gasteiger partial charge in [0.2, 0.25) is 0 Å². The lowest BCUT2D eigenvalue weighted by Crippen LogP contribution is -2.46. The van der Waals surface area contributed by atoms with E-state index in [2.05, 4.69) is 4.90 Å². The van der Waals surface area contributed by atoms with Crippen LogP contribution in [0.4, 0.5) is 18.9 Å². The van der Waals surface area contributed by atoms with Gasteiger partial charge >= 0.3 is 6.18 Å². The fourth-order valence-electron chi connectivity index (χ4n) is 3.82. The lowest BCUT2D eigenvalue weighted by molar-refractivity contribution is -0.137. The third-order valence-corrected chi connectivity index (χ3v) is 5.14. The zero-order chi connectivity index (χ0) is 17.2. The maximum atomic E-state index is 13.0. The Labute approximate surface area is 140 Å². The van der Waals surface area contributed by atoms with Crippen molar-refractivity contribution in [1.29, 1.82) is 0 Å². The Morgan fingerprint density at radius 1 is 0.958 bits per heavy atom. The van der Waals surface area contributed by atoms with E-state index in [1.54, 1.807) is 6.07 Å². The lowest BCUT2D eigenvalue weighted by Gasteiger charge is -2.41. The highest BCUT2D eigenvalue weighted by molar-refractivity contribution is 5.78. The Morgan fingerprint density at radius 2 is 1.62 bits per heavy atom. The Kier molecular flexibility index (Phi) is 5.13. The van der Waals surface area contributed by atoms with Gasteiger partial charge in [0.05, 0.1) is 5.56 Å². The molecule has 2 aliphatic heterocycles. The second kappa shape index (κ2) is 7.13. The second-order valence-corrected chi connectivity index (χ2v) is 6.74. The van der Waals surface area contributed by atoms with E-state index < -0.39 is 11.7 Å². The number of halogens is 3. The predicted octanol–water partition coefficient (Wildman–Crippen LogP) is 3.97. The van der Waals surface area contributed by atoms with Crippen molar-refractivity contribution in [3.63, 3.8) is 0 Å². The molecule has 0 atom stereocenters. The maximum Gasteiger partial charge on any atom is 0.416 e. The van der Waals surface area contributed by atoms with Crippen molar-refractivity contribution < 1.29 is 18.0 Å². The van der Waals surface area contributed by atoms with Gasteiger partial charge < -0.3 is 9.80 Å². The van der Waals surface area contributed by atoms with Gasteiger partial charge in [0.15, 0.2) is 0 Å². The average Bonchev–Trinajstić information content (AvgIpc) is 2.61. The van der Waals surface area contributed by atoms with Crippen LogP contribution in [0.3, 0.4) is 0 Å². The molecule has 24 heavy (non-hydrogen) atoms. The molecule has 0 unspecified atom stereocenters. The third kappa shape index (κ3) is 3.91. The van der Waals surface area contributed by atoms with Crippen LogP contribution in [0.25, 0.3) is 0 Å². The summed E-state index contributed by atoms with van der Waals surface area (Å²) in [7, 11) is 0. The topological polar surface area (TPSA) is 23.6 Å². The maximum absolute atomic E-state index is 13.0. The molecule has 0 amide bonds. The first-order valence-electron chi connectivity index (χ1n) is 8.64. The summed E-state index contributed by atoms with van der Waals surface area (Å²) < 4.78 is 39.0. The van der Waals surface area contributed by atoms with E-state index in [4.69, 9.17) is 0 Å². The van der Waals surface area contributed by atoms with Gasteiger partial charge in [-0.2, -0.15) is 13.2 Å². The van der Waals surface area contributed by atoms with Crippen molar-refractivity contribution >= 4 is 12.0 Å². The highest BCUT2D eigenvalue weighted by Crippen LogP contribution is 2.34. The van der Waals surface area contributed by atoms with Gasteiger partial charge in [0.1, 0.15) is 6.29 Å². The van der Waals surface area contributed by atoms with Gasteiger partial charge in [-0.15, -0.1) is 0 Å². The summed E-state index contributed by atoms with van der Waals surface area (Å²) in [5.41, 5.74) is -0.165. The molecule has 6 heteroatoms. The smallest absolute Gasteiger partial charge is 0.371 e. The van der Waals surface area contributed by atoms with Crippen LogP contribution >= 0.6 is 0 Å². The zero-order valence-corrected chi connectivity index (χ0v) is 13.7. The summed E-state index contributed by atoms with van der Waals surface area (Å²) in [4.78, 5) is 15.5. The molecule has 3 nitrogen and oxygen atoms in total. The van der Waals surface area contributed by atoms with Crippen LogP contribution in [0.1, 0.15) is 48.0 Å². The Bertz CT molecular complexity index is 574. The molecular formula is C18H23F3N2O. The average molecular weight is 340 g/mol. The van der Waals surface area contributed by atoms with E-state index >= 15 is 0 Å². The number of benzene rings is 1. The van der Waals surface area contributed by atoms with Gasteiger partial charge in [-0.05, 0) is 57.0 Å². The van der Waals surface area contributed by atoms with Crippen molar-refractivity contribution in [2.24, 2.45) is 0 Å². The first-order valence-corrected chi connectivity index (χ1v) is 8.64. The van der Waals surface area contributed by atoms with E-state index in [1.165, 1.54) is 19.3 Å². The highest BCUT2D eigenvalue weighted by atomic mass is 19.4. The van der Waals surface area contributed by atoms with Crippen LogP contribution < -0.4 is 4.90 Å². The highest BCUT2D eigenvalue weighted by Gasteiger charge is 2.32. The van der Waals surface area contributed by atoms with E-state index in [9.17, 15) is 18.0 Å². The molecule has 1 aromatic rings. The van der Waals surface area contributed by atoms with Crippen LogP contribution in [0.5, 0.6) is 0 Å². The summed E-state index contributed by atoms with van der Waals surface area (Å²) in [6.07, 6.45) is 1.78. The minimum Gasteiger partial charge on any atom is -0.371 e. The summed E-state index contributed by atoms with van der Waals surface area (Å²) in [5.74, 6) is 0. The van der Waals surface area contributed by atoms with Crippen molar-refractivity contribution in [2.75, 3.05) is 31.1 Å². The summed E-state index contributed by atoms with van der Waals surface area (Å²) >= 11 is 0. The number of aldehydes is 1. The minimum absolute atomic E-state index is 0.0815. The van der Waals surface area contributed by atoms with Crippen LogP contribution in [0, 0.1) is 0 Å². The number of hydrogen-bond donors (Lipinski definition) is 0. The largest absolute Gasteiger partial charge is 0.416 e. The molecule has 0 saturated carbocycles. The summed E-state index contributed by atoms with van der Waals surface area (Å²) in [6.45, 7) is 3.76. The normalized spacial score (nSPS) is 21.0. The van der Waals surface area contributed by atoms with Crippen LogP contribution in [0.2, 0.25) is 0 Å². The van der Waals surface area contributed by atoms with Crippen LogP contribution in [-0.2, 0) is 6.18 Å². The summed E-state index contributed by atoms with van der Waals surface area (Å²) in [5, 5.41) is 0. The van der Waals surface area contributed by atoms with Crippen molar-refractivity contribution in [3.8, 4) is 0 Å². The number of anilines is 1.